The van der Waals surface area contributed by atoms with Crippen molar-refractivity contribution < 1.29 is 48.1 Å². The maximum absolute atomic E-state index is 10.4. The fourth-order valence-corrected chi connectivity index (χ4v) is 6.00. The summed E-state index contributed by atoms with van der Waals surface area (Å²) in [7, 11) is 3.30. The van der Waals surface area contributed by atoms with Crippen LogP contribution in [0.3, 0.4) is 0 Å². The van der Waals surface area contributed by atoms with Gasteiger partial charge in [0.1, 0.15) is 35.9 Å². The van der Waals surface area contributed by atoms with Crippen molar-refractivity contribution in [3.05, 3.63) is 71.8 Å². The van der Waals surface area contributed by atoms with E-state index in [0.29, 0.717) is 32.8 Å². The second-order valence-electron chi connectivity index (χ2n) is 13.9. The highest BCUT2D eigenvalue weighted by atomic mass is 16.8. The number of ether oxygens (including phenoxy) is 8. The zero-order valence-corrected chi connectivity index (χ0v) is 32.5. The average molecular weight is 727 g/mol. The van der Waals surface area contributed by atoms with Gasteiger partial charge in [0.2, 0.25) is 0 Å². The van der Waals surface area contributed by atoms with Crippen LogP contribution in [0.5, 0.6) is 11.5 Å². The minimum atomic E-state index is -0.852. The van der Waals surface area contributed by atoms with E-state index in [4.69, 9.17) is 37.9 Å². The molecular weight excluding hydrogens is 664 g/mol. The Kier molecular flexibility index (Phi) is 18.6. The van der Waals surface area contributed by atoms with E-state index in [2.05, 4.69) is 25.7 Å². The molecule has 2 heterocycles. The van der Waals surface area contributed by atoms with Gasteiger partial charge in [0.05, 0.1) is 52.9 Å². The lowest BCUT2D eigenvalue weighted by atomic mass is 10.0. The van der Waals surface area contributed by atoms with E-state index in [1.54, 1.807) is 20.3 Å². The Hall–Kier alpha value is -2.98. The predicted molar refractivity (Wildman–Crippen MR) is 201 cm³/mol. The third kappa shape index (κ3) is 15.2. The lowest BCUT2D eigenvalue weighted by Crippen LogP contribution is -2.34. The van der Waals surface area contributed by atoms with Gasteiger partial charge >= 0.3 is 0 Å². The van der Waals surface area contributed by atoms with Gasteiger partial charge in [0.25, 0.3) is 0 Å². The van der Waals surface area contributed by atoms with E-state index in [1.165, 1.54) is 0 Å². The quantitative estimate of drug-likeness (QED) is 0.0935. The summed E-state index contributed by atoms with van der Waals surface area (Å²) in [5.41, 5.74) is 2.19. The predicted octanol–water partition coefficient (Wildman–Crippen LogP) is 7.13. The van der Waals surface area contributed by atoms with Gasteiger partial charge in [-0.1, -0.05) is 74.9 Å². The largest absolute Gasteiger partial charge is 0.497 e. The minimum absolute atomic E-state index is 0.0685. The van der Waals surface area contributed by atoms with Crippen LogP contribution in [0.2, 0.25) is 0 Å². The maximum atomic E-state index is 10.4. The second-order valence-corrected chi connectivity index (χ2v) is 13.9. The van der Waals surface area contributed by atoms with Crippen LogP contribution in [0.1, 0.15) is 91.2 Å². The molecule has 2 fully saturated rings. The third-order valence-electron chi connectivity index (χ3n) is 8.48. The van der Waals surface area contributed by atoms with Gasteiger partial charge in [-0.05, 0) is 82.3 Å². The molecule has 2 aromatic rings. The summed E-state index contributed by atoms with van der Waals surface area (Å²) in [4.78, 5) is 0. The van der Waals surface area contributed by atoms with Crippen molar-refractivity contribution in [2.45, 2.75) is 141 Å². The third-order valence-corrected chi connectivity index (χ3v) is 8.48. The first-order chi connectivity index (χ1) is 24.9. The lowest BCUT2D eigenvalue weighted by Gasteiger charge is -2.19. The molecule has 2 aliphatic heterocycles. The number of aliphatic hydroxyl groups excluding tert-OH is 2. The molecule has 0 aliphatic carbocycles. The van der Waals surface area contributed by atoms with E-state index in [9.17, 15) is 10.2 Å². The molecule has 10 nitrogen and oxygen atoms in total. The van der Waals surface area contributed by atoms with Crippen LogP contribution in [0.15, 0.2) is 60.7 Å². The summed E-state index contributed by atoms with van der Waals surface area (Å²) >= 11 is 0. The number of rotatable bonds is 18. The number of aliphatic hydroxyl groups is 2. The first-order valence-electron chi connectivity index (χ1n) is 18.5. The van der Waals surface area contributed by atoms with Gasteiger partial charge in [-0.3, -0.25) is 0 Å². The van der Waals surface area contributed by atoms with Crippen LogP contribution in [0.25, 0.3) is 0 Å². The Balaban J connectivity index is 0.000000280. The van der Waals surface area contributed by atoms with Crippen molar-refractivity contribution in [1.82, 2.24) is 0 Å². The number of benzene rings is 2. The number of methoxy groups -OCH3 is 2. The van der Waals surface area contributed by atoms with E-state index in [-0.39, 0.29) is 18.3 Å². The van der Waals surface area contributed by atoms with Crippen LogP contribution in [-0.4, -0.2) is 85.8 Å². The molecule has 2 N–H and O–H groups in total. The number of hydrogen-bond donors (Lipinski definition) is 2. The Labute approximate surface area is 311 Å². The monoisotopic (exact) mass is 726 g/mol. The molecule has 0 spiro atoms. The molecule has 290 valence electrons. The fourth-order valence-electron chi connectivity index (χ4n) is 6.00. The summed E-state index contributed by atoms with van der Waals surface area (Å²) < 4.78 is 44.9. The molecule has 4 rings (SSSR count). The molecule has 0 amide bonds. The van der Waals surface area contributed by atoms with Crippen molar-refractivity contribution in [1.29, 1.82) is 0 Å². The van der Waals surface area contributed by atoms with Crippen molar-refractivity contribution in [2.75, 3.05) is 27.4 Å². The van der Waals surface area contributed by atoms with Gasteiger partial charge in [-0.2, -0.15) is 0 Å². The zero-order valence-electron chi connectivity index (χ0n) is 32.5. The van der Waals surface area contributed by atoms with E-state index < -0.39 is 29.9 Å². The molecule has 0 bridgehead atoms. The number of hydrogen-bond acceptors (Lipinski definition) is 10. The Morgan fingerprint density at radius 3 is 1.69 bits per heavy atom. The van der Waals surface area contributed by atoms with Gasteiger partial charge in [-0.25, -0.2) is 0 Å². The van der Waals surface area contributed by atoms with Crippen molar-refractivity contribution in [3.8, 4) is 23.3 Å². The van der Waals surface area contributed by atoms with Crippen molar-refractivity contribution >= 4 is 0 Å². The zero-order chi connectivity index (χ0) is 38.0. The van der Waals surface area contributed by atoms with E-state index >= 15 is 0 Å². The molecule has 2 aromatic carbocycles. The highest BCUT2D eigenvalue weighted by Crippen LogP contribution is 2.33. The molecule has 2 saturated heterocycles. The summed E-state index contributed by atoms with van der Waals surface area (Å²) in [5.74, 6) is 6.21. The van der Waals surface area contributed by atoms with Crippen molar-refractivity contribution in [2.24, 2.45) is 0 Å². The first kappa shape index (κ1) is 43.4. The standard InChI is InChI=1S/C21H32O5.C21H30O5/c2*1-5-8-19-20(26-21(2,3)25-19)18(22)9-6-7-14-24-15-16-10-12-17(23-4)13-11-16/h6,9-13,18-20,22H,5,7-8,14-15H2,1-4H3;10-13,18-20,22H,5,7-8,14-15H2,1-4H3/b9-6-;/t2*18?,19?,20-/m11/s1. The summed E-state index contributed by atoms with van der Waals surface area (Å²) in [6.07, 6.45) is 6.28. The second kappa shape index (κ2) is 22.3. The fraction of sp³-hybridized carbons (Fsp3) is 0.619. The van der Waals surface area contributed by atoms with Crippen molar-refractivity contribution in [3.63, 3.8) is 0 Å². The molecule has 0 saturated carbocycles. The van der Waals surface area contributed by atoms with E-state index in [0.717, 1.165) is 54.7 Å². The summed E-state index contributed by atoms with van der Waals surface area (Å²) in [6, 6.07) is 15.6. The molecule has 6 atom stereocenters. The van der Waals surface area contributed by atoms with Gasteiger partial charge in [0, 0.05) is 6.42 Å². The topological polar surface area (TPSA) is 114 Å². The molecule has 10 heteroatoms. The lowest BCUT2D eigenvalue weighted by molar-refractivity contribution is -0.153. The van der Waals surface area contributed by atoms with Crippen LogP contribution in [-0.2, 0) is 41.6 Å². The highest BCUT2D eigenvalue weighted by Gasteiger charge is 2.44. The van der Waals surface area contributed by atoms with E-state index in [1.807, 2.05) is 82.3 Å². The first-order valence-corrected chi connectivity index (χ1v) is 18.5. The normalized spacial score (nSPS) is 23.0. The Bertz CT molecular complexity index is 1360. The van der Waals surface area contributed by atoms with Gasteiger partial charge in [-0.15, -0.1) is 0 Å². The van der Waals surface area contributed by atoms with Gasteiger partial charge < -0.3 is 48.1 Å². The molecule has 52 heavy (non-hydrogen) atoms. The summed E-state index contributed by atoms with van der Waals surface area (Å²) in [5, 5.41) is 20.7. The summed E-state index contributed by atoms with van der Waals surface area (Å²) in [6.45, 7) is 13.9. The van der Waals surface area contributed by atoms with Crippen LogP contribution >= 0.6 is 0 Å². The van der Waals surface area contributed by atoms with Crippen LogP contribution in [0, 0.1) is 11.8 Å². The smallest absolute Gasteiger partial charge is 0.163 e. The van der Waals surface area contributed by atoms with Gasteiger partial charge in [0.15, 0.2) is 11.6 Å². The molecule has 4 unspecified atom stereocenters. The van der Waals surface area contributed by atoms with Crippen LogP contribution < -0.4 is 9.47 Å². The Morgan fingerprint density at radius 2 is 1.19 bits per heavy atom. The molecule has 2 aliphatic rings. The Morgan fingerprint density at radius 1 is 0.712 bits per heavy atom. The highest BCUT2D eigenvalue weighted by molar-refractivity contribution is 5.27. The molecular formula is C42H62O10. The maximum Gasteiger partial charge on any atom is 0.163 e. The average Bonchev–Trinajstić information content (AvgIpc) is 3.61. The molecule has 0 radical (unpaired) electrons. The molecule has 0 aromatic heterocycles. The SMILES string of the molecule is CCCC1OC(C)(C)O[C@@H]1C(O)/C=C\CCOCc1ccc(OC)cc1.CCCC1OC(C)(C)O[C@@H]1C(O)C#CCCOCc1ccc(OC)cc1. The minimum Gasteiger partial charge on any atom is -0.497 e. The van der Waals surface area contributed by atoms with Crippen LogP contribution in [0.4, 0.5) is 0 Å².